The molecular weight excluding hydrogens is 338 g/mol. The molecule has 1 aromatic rings. The first-order valence-corrected chi connectivity index (χ1v) is 8.04. The molecule has 6 amide bonds. The lowest BCUT2D eigenvalue weighted by Gasteiger charge is -2.22. The van der Waals surface area contributed by atoms with Crippen LogP contribution in [0.2, 0.25) is 0 Å². The average molecular weight is 357 g/mol. The van der Waals surface area contributed by atoms with Crippen LogP contribution in [0.15, 0.2) is 24.3 Å². The van der Waals surface area contributed by atoms with E-state index in [2.05, 4.69) is 16.0 Å². The van der Waals surface area contributed by atoms with Crippen LogP contribution in [0, 0.1) is 11.3 Å². The molecule has 1 fully saturated rings. The minimum atomic E-state index is -1.39. The Morgan fingerprint density at radius 2 is 2.08 bits per heavy atom. The maximum absolute atomic E-state index is 12.7. The van der Waals surface area contributed by atoms with Crippen LogP contribution in [-0.4, -0.2) is 41.9 Å². The van der Waals surface area contributed by atoms with Gasteiger partial charge in [-0.05, 0) is 31.0 Å². The van der Waals surface area contributed by atoms with E-state index in [0.29, 0.717) is 24.1 Å². The van der Waals surface area contributed by atoms with Crippen molar-refractivity contribution in [1.82, 2.24) is 20.9 Å². The first-order valence-electron chi connectivity index (χ1n) is 8.04. The Balaban J connectivity index is 2.12. The largest absolute Gasteiger partial charge is 0.338 e. The quantitative estimate of drug-likeness (QED) is 0.663. The van der Waals surface area contributed by atoms with Gasteiger partial charge in [0, 0.05) is 6.54 Å². The molecule has 1 aromatic carbocycles. The number of nitrogens with zero attached hydrogens (tertiary/aromatic N) is 2. The predicted molar refractivity (Wildman–Crippen MR) is 90.6 cm³/mol. The summed E-state index contributed by atoms with van der Waals surface area (Å²) in [6.45, 7) is 3.17. The fraction of sp³-hybridized carbons (Fsp3) is 0.353. The highest BCUT2D eigenvalue weighted by atomic mass is 16.2. The van der Waals surface area contributed by atoms with Gasteiger partial charge in [0.2, 0.25) is 5.91 Å². The fourth-order valence-electron chi connectivity index (χ4n) is 2.53. The zero-order chi connectivity index (χ0) is 19.3. The van der Waals surface area contributed by atoms with Gasteiger partial charge in [0.05, 0.1) is 11.6 Å². The van der Waals surface area contributed by atoms with Crippen molar-refractivity contribution < 1.29 is 19.2 Å². The Bertz CT molecular complexity index is 801. The van der Waals surface area contributed by atoms with E-state index < -0.39 is 36.0 Å². The smallest absolute Gasteiger partial charge is 0.325 e. The maximum Gasteiger partial charge on any atom is 0.325 e. The molecule has 1 saturated heterocycles. The van der Waals surface area contributed by atoms with Gasteiger partial charge in [-0.2, -0.15) is 5.26 Å². The van der Waals surface area contributed by atoms with E-state index >= 15 is 0 Å². The average Bonchev–Trinajstić information content (AvgIpc) is 2.84. The highest BCUT2D eigenvalue weighted by Crippen LogP contribution is 2.29. The molecular formula is C17H19N5O4. The molecule has 26 heavy (non-hydrogen) atoms. The van der Waals surface area contributed by atoms with Gasteiger partial charge in [-0.1, -0.05) is 19.1 Å². The van der Waals surface area contributed by atoms with Gasteiger partial charge in [-0.25, -0.2) is 9.59 Å². The van der Waals surface area contributed by atoms with E-state index in [1.54, 1.807) is 18.2 Å². The molecule has 0 bridgehead atoms. The van der Waals surface area contributed by atoms with E-state index in [0.717, 1.165) is 4.90 Å². The number of carbonyl (C=O) groups is 4. The van der Waals surface area contributed by atoms with Gasteiger partial charge in [0.1, 0.15) is 12.1 Å². The van der Waals surface area contributed by atoms with Gasteiger partial charge in [-0.3, -0.25) is 19.8 Å². The van der Waals surface area contributed by atoms with Crippen molar-refractivity contribution in [3.63, 3.8) is 0 Å². The third-order valence-electron chi connectivity index (χ3n) is 3.93. The van der Waals surface area contributed by atoms with Crippen molar-refractivity contribution in [3.8, 4) is 6.07 Å². The van der Waals surface area contributed by atoms with Crippen LogP contribution >= 0.6 is 0 Å². The van der Waals surface area contributed by atoms with Crippen LogP contribution in [-0.2, 0) is 15.1 Å². The number of hydrogen-bond acceptors (Lipinski definition) is 5. The van der Waals surface area contributed by atoms with E-state index in [9.17, 15) is 19.2 Å². The molecule has 0 aliphatic carbocycles. The van der Waals surface area contributed by atoms with Gasteiger partial charge < -0.3 is 10.6 Å². The lowest BCUT2D eigenvalue weighted by atomic mass is 9.91. The normalized spacial score (nSPS) is 18.9. The number of benzene rings is 1. The van der Waals surface area contributed by atoms with Gasteiger partial charge in [0.15, 0.2) is 0 Å². The summed E-state index contributed by atoms with van der Waals surface area (Å²) in [4.78, 5) is 49.0. The summed E-state index contributed by atoms with van der Waals surface area (Å²) in [6.07, 6.45) is 0.703. The van der Waals surface area contributed by atoms with Crippen LogP contribution in [0.4, 0.5) is 9.59 Å². The van der Waals surface area contributed by atoms with E-state index in [4.69, 9.17) is 5.26 Å². The van der Waals surface area contributed by atoms with E-state index in [-0.39, 0.29) is 0 Å². The standard InChI is InChI=1S/C17H19N5O4/c1-3-7-19-15(25)20-13(23)10-22-14(24)17(2,21-16(22)26)12-6-4-5-11(8-12)9-18/h4-6,8H,3,7,10H2,1-2H3,(H,21,26)(H2,19,20,23,25). The number of rotatable bonds is 5. The van der Waals surface area contributed by atoms with Crippen LogP contribution in [0.1, 0.15) is 31.4 Å². The highest BCUT2D eigenvalue weighted by molar-refractivity contribution is 6.10. The molecule has 1 heterocycles. The Labute approximate surface area is 150 Å². The van der Waals surface area contributed by atoms with Crippen LogP contribution in [0.3, 0.4) is 0 Å². The van der Waals surface area contributed by atoms with Crippen LogP contribution in [0.25, 0.3) is 0 Å². The molecule has 3 N–H and O–H groups in total. The Hall–Kier alpha value is -3.41. The number of imide groups is 2. The number of amides is 6. The summed E-state index contributed by atoms with van der Waals surface area (Å²) in [5, 5.41) is 16.1. The number of carbonyl (C=O) groups excluding carboxylic acids is 4. The van der Waals surface area contributed by atoms with E-state index in [1.165, 1.54) is 13.0 Å². The topological polar surface area (TPSA) is 131 Å². The molecule has 2 rings (SSSR count). The molecule has 9 heteroatoms. The molecule has 0 saturated carbocycles. The summed E-state index contributed by atoms with van der Waals surface area (Å²) in [6, 6.07) is 6.83. The molecule has 9 nitrogen and oxygen atoms in total. The Morgan fingerprint density at radius 3 is 2.73 bits per heavy atom. The summed E-state index contributed by atoms with van der Waals surface area (Å²) in [5.74, 6) is -1.42. The Morgan fingerprint density at radius 1 is 1.35 bits per heavy atom. The molecule has 1 aliphatic rings. The van der Waals surface area contributed by atoms with Crippen molar-refractivity contribution in [2.75, 3.05) is 13.1 Å². The van der Waals surface area contributed by atoms with Crippen molar-refractivity contribution in [2.45, 2.75) is 25.8 Å². The van der Waals surface area contributed by atoms with Crippen LogP contribution < -0.4 is 16.0 Å². The number of nitriles is 1. The first kappa shape index (κ1) is 18.9. The molecule has 0 radical (unpaired) electrons. The molecule has 0 aromatic heterocycles. The second-order valence-electron chi connectivity index (χ2n) is 5.94. The van der Waals surface area contributed by atoms with Crippen molar-refractivity contribution >= 4 is 23.9 Å². The lowest BCUT2D eigenvalue weighted by molar-refractivity contribution is -0.134. The second kappa shape index (κ2) is 7.65. The zero-order valence-electron chi connectivity index (χ0n) is 14.5. The van der Waals surface area contributed by atoms with Gasteiger partial charge >= 0.3 is 12.1 Å². The molecule has 1 atom stereocenters. The maximum atomic E-state index is 12.7. The van der Waals surface area contributed by atoms with Gasteiger partial charge in [-0.15, -0.1) is 0 Å². The molecule has 1 unspecified atom stereocenters. The predicted octanol–water partition coefficient (Wildman–Crippen LogP) is 0.561. The monoisotopic (exact) mass is 357 g/mol. The summed E-state index contributed by atoms with van der Waals surface area (Å²) >= 11 is 0. The summed E-state index contributed by atoms with van der Waals surface area (Å²) in [5.41, 5.74) is -0.623. The fourth-order valence-corrected chi connectivity index (χ4v) is 2.53. The third-order valence-corrected chi connectivity index (χ3v) is 3.93. The Kier molecular flexibility index (Phi) is 5.57. The van der Waals surface area contributed by atoms with Crippen molar-refractivity contribution in [2.24, 2.45) is 0 Å². The number of nitrogens with one attached hydrogen (secondary N) is 3. The number of hydrogen-bond donors (Lipinski definition) is 3. The zero-order valence-corrected chi connectivity index (χ0v) is 14.5. The second-order valence-corrected chi connectivity index (χ2v) is 5.94. The van der Waals surface area contributed by atoms with E-state index in [1.807, 2.05) is 13.0 Å². The third kappa shape index (κ3) is 3.80. The summed E-state index contributed by atoms with van der Waals surface area (Å²) in [7, 11) is 0. The first-order chi connectivity index (χ1) is 12.3. The lowest BCUT2D eigenvalue weighted by Crippen LogP contribution is -2.47. The number of urea groups is 2. The summed E-state index contributed by atoms with van der Waals surface area (Å²) < 4.78 is 0. The highest BCUT2D eigenvalue weighted by Gasteiger charge is 2.49. The minimum absolute atomic E-state index is 0.342. The molecule has 136 valence electrons. The molecule has 1 aliphatic heterocycles. The minimum Gasteiger partial charge on any atom is -0.338 e. The molecule has 0 spiro atoms. The van der Waals surface area contributed by atoms with Gasteiger partial charge in [0.25, 0.3) is 5.91 Å². The van der Waals surface area contributed by atoms with Crippen molar-refractivity contribution in [1.29, 1.82) is 5.26 Å². The SMILES string of the molecule is CCCNC(=O)NC(=O)CN1C(=O)NC(C)(c2cccc(C#N)c2)C1=O. The van der Waals surface area contributed by atoms with Crippen LogP contribution in [0.5, 0.6) is 0 Å². The van der Waals surface area contributed by atoms with Crippen molar-refractivity contribution in [3.05, 3.63) is 35.4 Å².